The Morgan fingerprint density at radius 3 is 2.35 bits per heavy atom. The van der Waals surface area contributed by atoms with E-state index in [0.717, 1.165) is 6.29 Å². The normalized spacial score (nSPS) is 15.3. The summed E-state index contributed by atoms with van der Waals surface area (Å²) in [5.74, 6) is 0.369. The summed E-state index contributed by atoms with van der Waals surface area (Å²) in [7, 11) is 0. The lowest BCUT2D eigenvalue weighted by Gasteiger charge is -2.20. The van der Waals surface area contributed by atoms with Crippen LogP contribution in [0.25, 0.3) is 0 Å². The number of hydrogen-bond donors (Lipinski definition) is 1. The SMILES string of the molecule is C.C.O=Cc1ccc(Cl)c(C(=O)NCC2CCCCCCC2)c1. The topological polar surface area (TPSA) is 46.2 Å². The summed E-state index contributed by atoms with van der Waals surface area (Å²) >= 11 is 6.04. The average Bonchev–Trinajstić information content (AvgIpc) is 2.46. The van der Waals surface area contributed by atoms with Crippen molar-refractivity contribution in [1.82, 2.24) is 5.32 Å². The molecule has 3 nitrogen and oxygen atoms in total. The van der Waals surface area contributed by atoms with Crippen LogP contribution < -0.4 is 5.32 Å². The summed E-state index contributed by atoms with van der Waals surface area (Å²) in [4.78, 5) is 23.0. The predicted molar refractivity (Wildman–Crippen MR) is 98.4 cm³/mol. The number of rotatable bonds is 4. The Kier molecular flexibility index (Phi) is 10.6. The molecule has 1 amide bonds. The Labute approximate surface area is 145 Å². The highest BCUT2D eigenvalue weighted by atomic mass is 35.5. The van der Waals surface area contributed by atoms with Gasteiger partial charge in [-0.15, -0.1) is 0 Å². The maximum Gasteiger partial charge on any atom is 0.252 e. The average molecular weight is 340 g/mol. The Morgan fingerprint density at radius 1 is 1.13 bits per heavy atom. The van der Waals surface area contributed by atoms with Crippen molar-refractivity contribution in [1.29, 1.82) is 0 Å². The van der Waals surface area contributed by atoms with Gasteiger partial charge >= 0.3 is 0 Å². The number of hydrogen-bond acceptors (Lipinski definition) is 2. The van der Waals surface area contributed by atoms with Crippen LogP contribution in [-0.4, -0.2) is 18.7 Å². The zero-order valence-electron chi connectivity index (χ0n) is 12.2. The zero-order chi connectivity index (χ0) is 15.1. The Bertz CT molecular complexity index is 494. The lowest BCUT2D eigenvalue weighted by atomic mass is 9.91. The van der Waals surface area contributed by atoms with Gasteiger partial charge in [-0.1, -0.05) is 64.6 Å². The fourth-order valence-electron chi connectivity index (χ4n) is 2.87. The van der Waals surface area contributed by atoms with Gasteiger partial charge in [-0.3, -0.25) is 9.59 Å². The molecule has 1 fully saturated rings. The summed E-state index contributed by atoms with van der Waals surface area (Å²) in [6.45, 7) is 0.695. The van der Waals surface area contributed by atoms with Crippen molar-refractivity contribution in [3.05, 3.63) is 34.3 Å². The van der Waals surface area contributed by atoms with E-state index in [1.807, 2.05) is 0 Å². The van der Waals surface area contributed by atoms with E-state index in [9.17, 15) is 9.59 Å². The largest absolute Gasteiger partial charge is 0.352 e. The molecule has 2 rings (SSSR count). The maximum atomic E-state index is 12.2. The molecule has 1 aromatic carbocycles. The molecule has 0 aromatic heterocycles. The molecule has 0 unspecified atom stereocenters. The van der Waals surface area contributed by atoms with E-state index in [1.165, 1.54) is 44.9 Å². The van der Waals surface area contributed by atoms with Crippen LogP contribution in [0.5, 0.6) is 0 Å². The minimum absolute atomic E-state index is 0. The van der Waals surface area contributed by atoms with E-state index >= 15 is 0 Å². The molecule has 1 N–H and O–H groups in total. The van der Waals surface area contributed by atoms with E-state index in [4.69, 9.17) is 11.6 Å². The molecule has 1 aliphatic carbocycles. The number of amides is 1. The second-order valence-corrected chi connectivity index (χ2v) is 6.19. The van der Waals surface area contributed by atoms with Gasteiger partial charge in [0.25, 0.3) is 5.91 Å². The first-order valence-electron chi connectivity index (χ1n) is 7.73. The molecule has 0 bridgehead atoms. The molecular formula is C19H30ClNO2. The smallest absolute Gasteiger partial charge is 0.252 e. The van der Waals surface area contributed by atoms with Gasteiger partial charge in [0.05, 0.1) is 10.6 Å². The molecular weight excluding hydrogens is 310 g/mol. The number of aldehydes is 1. The highest BCUT2D eigenvalue weighted by molar-refractivity contribution is 6.34. The summed E-state index contributed by atoms with van der Waals surface area (Å²) < 4.78 is 0. The molecule has 0 saturated heterocycles. The van der Waals surface area contributed by atoms with Crippen LogP contribution in [0.1, 0.15) is 80.5 Å². The van der Waals surface area contributed by atoms with Crippen LogP contribution >= 0.6 is 11.6 Å². The summed E-state index contributed by atoms with van der Waals surface area (Å²) in [5.41, 5.74) is 0.850. The van der Waals surface area contributed by atoms with Crippen LogP contribution in [0.3, 0.4) is 0 Å². The van der Waals surface area contributed by atoms with Crippen LogP contribution in [0.2, 0.25) is 5.02 Å². The van der Waals surface area contributed by atoms with Crippen molar-refractivity contribution in [3.8, 4) is 0 Å². The van der Waals surface area contributed by atoms with E-state index in [1.54, 1.807) is 18.2 Å². The molecule has 4 heteroatoms. The molecule has 130 valence electrons. The van der Waals surface area contributed by atoms with Crippen LogP contribution in [0.15, 0.2) is 18.2 Å². The number of carbonyl (C=O) groups is 2. The van der Waals surface area contributed by atoms with Crippen molar-refractivity contribution in [2.45, 2.75) is 59.8 Å². The molecule has 0 aliphatic heterocycles. The molecule has 1 saturated carbocycles. The quantitative estimate of drug-likeness (QED) is 0.734. The summed E-state index contributed by atoms with van der Waals surface area (Å²) in [6.07, 6.45) is 9.54. The third-order valence-corrected chi connectivity index (χ3v) is 4.48. The van der Waals surface area contributed by atoms with E-state index in [-0.39, 0.29) is 20.8 Å². The fourth-order valence-corrected chi connectivity index (χ4v) is 3.07. The van der Waals surface area contributed by atoms with Gasteiger partial charge in [0.2, 0.25) is 0 Å². The van der Waals surface area contributed by atoms with Gasteiger partial charge in [-0.25, -0.2) is 0 Å². The van der Waals surface area contributed by atoms with Gasteiger partial charge < -0.3 is 5.32 Å². The summed E-state index contributed by atoms with van der Waals surface area (Å²) in [5, 5.41) is 3.35. The monoisotopic (exact) mass is 339 g/mol. The minimum atomic E-state index is -0.189. The molecule has 0 spiro atoms. The third-order valence-electron chi connectivity index (χ3n) is 4.15. The molecule has 23 heavy (non-hydrogen) atoms. The second-order valence-electron chi connectivity index (χ2n) is 5.78. The Balaban J connectivity index is 0.00000242. The first-order valence-corrected chi connectivity index (χ1v) is 8.11. The maximum absolute atomic E-state index is 12.2. The van der Waals surface area contributed by atoms with Crippen molar-refractivity contribution in [2.24, 2.45) is 5.92 Å². The number of carbonyl (C=O) groups excluding carboxylic acids is 2. The lowest BCUT2D eigenvalue weighted by Crippen LogP contribution is -2.30. The molecule has 1 aliphatic rings. The van der Waals surface area contributed by atoms with Crippen LogP contribution in [0.4, 0.5) is 0 Å². The third kappa shape index (κ3) is 6.74. The predicted octanol–water partition coefficient (Wildman–Crippen LogP) is 5.52. The van der Waals surface area contributed by atoms with Crippen molar-refractivity contribution >= 4 is 23.8 Å². The second kappa shape index (κ2) is 11.2. The van der Waals surface area contributed by atoms with Crippen LogP contribution in [0, 0.1) is 5.92 Å². The highest BCUT2D eigenvalue weighted by Gasteiger charge is 2.15. The molecule has 0 atom stereocenters. The minimum Gasteiger partial charge on any atom is -0.352 e. The van der Waals surface area contributed by atoms with Gasteiger partial charge in [0.15, 0.2) is 0 Å². The highest BCUT2D eigenvalue weighted by Crippen LogP contribution is 2.22. The number of halogens is 1. The van der Waals surface area contributed by atoms with Gasteiger partial charge in [0.1, 0.15) is 6.29 Å². The lowest BCUT2D eigenvalue weighted by molar-refractivity contribution is 0.0945. The fraction of sp³-hybridized carbons (Fsp3) is 0.579. The van der Waals surface area contributed by atoms with Gasteiger partial charge in [0, 0.05) is 12.1 Å². The van der Waals surface area contributed by atoms with Crippen molar-refractivity contribution < 1.29 is 9.59 Å². The van der Waals surface area contributed by atoms with Crippen molar-refractivity contribution in [3.63, 3.8) is 0 Å². The van der Waals surface area contributed by atoms with Crippen LogP contribution in [-0.2, 0) is 0 Å². The van der Waals surface area contributed by atoms with Gasteiger partial charge in [-0.05, 0) is 30.9 Å². The number of benzene rings is 1. The molecule has 0 radical (unpaired) electrons. The molecule has 1 aromatic rings. The molecule has 0 heterocycles. The van der Waals surface area contributed by atoms with E-state index < -0.39 is 0 Å². The first-order chi connectivity index (χ1) is 10.2. The first kappa shape index (κ1) is 21.6. The Hall–Kier alpha value is -1.35. The Morgan fingerprint density at radius 2 is 1.74 bits per heavy atom. The standard InChI is InChI=1S/C17H22ClNO2.2CH4/c18-16-9-8-14(12-20)10-15(16)17(21)19-11-13-6-4-2-1-3-5-7-13;;/h8-10,12-13H,1-7,11H2,(H,19,21);2*1H4. The summed E-state index contributed by atoms with van der Waals surface area (Å²) in [6, 6.07) is 4.75. The number of nitrogens with one attached hydrogen (secondary N) is 1. The van der Waals surface area contributed by atoms with E-state index in [2.05, 4.69) is 5.32 Å². The van der Waals surface area contributed by atoms with E-state index in [0.29, 0.717) is 28.6 Å². The van der Waals surface area contributed by atoms with Gasteiger partial charge in [-0.2, -0.15) is 0 Å². The van der Waals surface area contributed by atoms with Crippen molar-refractivity contribution in [2.75, 3.05) is 6.54 Å². The zero-order valence-corrected chi connectivity index (χ0v) is 13.0.